The Morgan fingerprint density at radius 1 is 1.17 bits per heavy atom. The van der Waals surface area contributed by atoms with E-state index in [4.69, 9.17) is 5.84 Å². The Kier molecular flexibility index (Phi) is 4.58. The van der Waals surface area contributed by atoms with Crippen molar-refractivity contribution in [1.82, 2.24) is 0 Å². The Labute approximate surface area is 134 Å². The van der Waals surface area contributed by atoms with Gasteiger partial charge in [-0.2, -0.15) is 8.42 Å². The fraction of sp³-hybridized carbons (Fsp3) is 0.267. The van der Waals surface area contributed by atoms with Gasteiger partial charge in [0.25, 0.3) is 0 Å². The van der Waals surface area contributed by atoms with E-state index in [-0.39, 0.29) is 4.90 Å². The molecule has 0 bridgehead atoms. The first-order chi connectivity index (χ1) is 10.7. The Bertz CT molecular complexity index is 844. The first-order valence-electron chi connectivity index (χ1n) is 6.81. The molecule has 0 aliphatic rings. The lowest BCUT2D eigenvalue weighted by atomic mass is 10.1. The molecule has 1 aromatic carbocycles. The third-order valence-electron chi connectivity index (χ3n) is 3.39. The van der Waals surface area contributed by atoms with E-state index < -0.39 is 15.9 Å². The van der Waals surface area contributed by atoms with Crippen LogP contribution in [0.2, 0.25) is 0 Å². The summed E-state index contributed by atoms with van der Waals surface area (Å²) in [4.78, 5) is 0.0225. The number of pyridine rings is 1. The number of nitrogens with one attached hydrogen (secondary N) is 1. The number of nitrogens with zero attached hydrogens (tertiary/aromatic N) is 1. The van der Waals surface area contributed by atoms with E-state index in [0.29, 0.717) is 22.6 Å². The van der Waals surface area contributed by atoms with Crippen LogP contribution in [0.5, 0.6) is 0 Å². The molecule has 0 spiro atoms. The molecule has 0 saturated heterocycles. The Morgan fingerprint density at radius 2 is 1.83 bits per heavy atom. The number of anilines is 2. The summed E-state index contributed by atoms with van der Waals surface area (Å²) in [5.74, 6) is 5.66. The summed E-state index contributed by atoms with van der Waals surface area (Å²) in [6.45, 7) is 5.19. The molecule has 0 fully saturated rings. The molecule has 124 valence electrons. The molecule has 0 atom stereocenters. The summed E-state index contributed by atoms with van der Waals surface area (Å²) in [5.41, 5.74) is 2.26. The number of aryl methyl sites for hydroxylation is 3. The van der Waals surface area contributed by atoms with Gasteiger partial charge < -0.3 is 0 Å². The Morgan fingerprint density at radius 3 is 2.39 bits per heavy atom. The minimum absolute atomic E-state index is 0.0225. The van der Waals surface area contributed by atoms with Crippen LogP contribution in [-0.2, 0) is 14.3 Å². The largest absolute Gasteiger partial charge is 0.305 e. The minimum Gasteiger partial charge on any atom is -0.270 e. The first kappa shape index (κ1) is 17.2. The molecule has 0 aliphatic carbocycles. The van der Waals surface area contributed by atoms with Crippen molar-refractivity contribution in [2.45, 2.75) is 25.7 Å². The average Bonchev–Trinajstić information content (AvgIpc) is 2.41. The van der Waals surface area contributed by atoms with Gasteiger partial charge in [-0.05, 0) is 44.0 Å². The van der Waals surface area contributed by atoms with E-state index in [9.17, 15) is 12.8 Å². The van der Waals surface area contributed by atoms with Crippen molar-refractivity contribution in [3.05, 3.63) is 46.9 Å². The maximum Gasteiger partial charge on any atom is 0.305 e. The van der Waals surface area contributed by atoms with E-state index in [2.05, 4.69) is 9.50 Å². The molecule has 2 rings (SSSR count). The summed E-state index contributed by atoms with van der Waals surface area (Å²) in [5, 5.41) is 2.97. The van der Waals surface area contributed by atoms with Gasteiger partial charge in [-0.1, -0.05) is 6.07 Å². The number of aromatic nitrogens is 1. The SMILES string of the molecule is COS(=O)(=O)c1c(C)cc(C)cc1Nc1c(C)cc(F)c[n+]1N. The molecule has 0 aliphatic heterocycles. The van der Waals surface area contributed by atoms with Gasteiger partial charge in [0.2, 0.25) is 0 Å². The van der Waals surface area contributed by atoms with Gasteiger partial charge in [0, 0.05) is 5.56 Å². The molecule has 0 unspecified atom stereocenters. The van der Waals surface area contributed by atoms with Gasteiger partial charge >= 0.3 is 15.9 Å². The van der Waals surface area contributed by atoms with E-state index in [1.54, 1.807) is 26.0 Å². The van der Waals surface area contributed by atoms with Crippen LogP contribution in [0.1, 0.15) is 16.7 Å². The van der Waals surface area contributed by atoms with Crippen molar-refractivity contribution < 1.29 is 21.7 Å². The number of halogens is 1. The van der Waals surface area contributed by atoms with Crippen LogP contribution in [0.25, 0.3) is 0 Å². The second kappa shape index (κ2) is 6.13. The topological polar surface area (TPSA) is 85.3 Å². The van der Waals surface area contributed by atoms with Gasteiger partial charge in [0.15, 0.2) is 12.0 Å². The van der Waals surface area contributed by atoms with E-state index in [0.717, 1.165) is 23.5 Å². The molecular weight excluding hydrogens is 321 g/mol. The maximum absolute atomic E-state index is 13.4. The van der Waals surface area contributed by atoms with Gasteiger partial charge in [-0.15, -0.1) is 4.68 Å². The van der Waals surface area contributed by atoms with Crippen LogP contribution in [0.4, 0.5) is 15.9 Å². The van der Waals surface area contributed by atoms with Gasteiger partial charge in [0.1, 0.15) is 10.6 Å². The van der Waals surface area contributed by atoms with Crippen molar-refractivity contribution in [2.24, 2.45) is 0 Å². The number of nitrogens with two attached hydrogens (primary N) is 1. The molecule has 0 saturated carbocycles. The van der Waals surface area contributed by atoms with Crippen LogP contribution in [0.15, 0.2) is 29.3 Å². The van der Waals surface area contributed by atoms with E-state index in [1.165, 1.54) is 6.07 Å². The summed E-state index contributed by atoms with van der Waals surface area (Å²) >= 11 is 0. The number of hydrogen-bond acceptors (Lipinski definition) is 5. The van der Waals surface area contributed by atoms with Crippen molar-refractivity contribution in [3.63, 3.8) is 0 Å². The number of hydrogen-bond donors (Lipinski definition) is 2. The maximum atomic E-state index is 13.4. The molecule has 1 heterocycles. The van der Waals surface area contributed by atoms with Crippen LogP contribution < -0.4 is 15.8 Å². The zero-order chi connectivity index (χ0) is 17.4. The van der Waals surface area contributed by atoms with Crippen LogP contribution >= 0.6 is 0 Å². The predicted octanol–water partition coefficient (Wildman–Crippen LogP) is 1.83. The monoisotopic (exact) mass is 340 g/mol. The molecule has 6 nitrogen and oxygen atoms in total. The smallest absolute Gasteiger partial charge is 0.270 e. The average molecular weight is 340 g/mol. The molecule has 1 aromatic heterocycles. The van der Waals surface area contributed by atoms with Crippen molar-refractivity contribution >= 4 is 21.6 Å². The molecule has 8 heteroatoms. The summed E-state index contributed by atoms with van der Waals surface area (Å²) < 4.78 is 43.5. The number of nitrogen functional groups attached to an aromatic ring is 1. The predicted molar refractivity (Wildman–Crippen MR) is 84.9 cm³/mol. The normalized spacial score (nSPS) is 11.5. The van der Waals surface area contributed by atoms with E-state index >= 15 is 0 Å². The van der Waals surface area contributed by atoms with Crippen molar-refractivity contribution in [1.29, 1.82) is 0 Å². The quantitative estimate of drug-likeness (QED) is 0.504. The second-order valence-electron chi connectivity index (χ2n) is 5.30. The molecule has 0 amide bonds. The highest BCUT2D eigenvalue weighted by Crippen LogP contribution is 2.30. The summed E-state index contributed by atoms with van der Waals surface area (Å²) in [6.07, 6.45) is 1.10. The van der Waals surface area contributed by atoms with Crippen molar-refractivity contribution in [3.8, 4) is 0 Å². The third kappa shape index (κ3) is 3.43. The lowest BCUT2D eigenvalue weighted by Gasteiger charge is -2.12. The second-order valence-corrected chi connectivity index (χ2v) is 6.95. The zero-order valence-electron chi connectivity index (χ0n) is 13.3. The number of benzene rings is 1. The molecule has 0 radical (unpaired) electrons. The third-order valence-corrected chi connectivity index (χ3v) is 4.87. The Balaban J connectivity index is 2.66. The fourth-order valence-corrected chi connectivity index (χ4v) is 3.47. The standard InChI is InChI=1S/C15H18FN3O3S/c1-9-5-10(2)14(23(20,21)22-4)13(6-9)18-15-11(3)7-12(16)8-19(15)17/h5-8H,17H2,1-4H3/p+1. The highest BCUT2D eigenvalue weighted by molar-refractivity contribution is 7.87. The fourth-order valence-electron chi connectivity index (χ4n) is 2.47. The Hall–Kier alpha value is -2.19. The highest BCUT2D eigenvalue weighted by Gasteiger charge is 2.26. The van der Waals surface area contributed by atoms with Crippen molar-refractivity contribution in [2.75, 3.05) is 18.3 Å². The number of rotatable bonds is 4. The van der Waals surface area contributed by atoms with Gasteiger partial charge in [0.05, 0.1) is 7.11 Å². The zero-order valence-corrected chi connectivity index (χ0v) is 14.2. The molecule has 2 aromatic rings. The highest BCUT2D eigenvalue weighted by atomic mass is 32.2. The van der Waals surface area contributed by atoms with Crippen LogP contribution in [-0.4, -0.2) is 15.5 Å². The molecule has 3 N–H and O–H groups in total. The van der Waals surface area contributed by atoms with Gasteiger partial charge in [-0.25, -0.2) is 9.71 Å². The van der Waals surface area contributed by atoms with Gasteiger partial charge in [-0.3, -0.25) is 10.0 Å². The van der Waals surface area contributed by atoms with Crippen LogP contribution in [0, 0.1) is 26.6 Å². The minimum atomic E-state index is -3.92. The summed E-state index contributed by atoms with van der Waals surface area (Å²) in [6, 6.07) is 4.71. The lowest BCUT2D eigenvalue weighted by Crippen LogP contribution is -2.47. The summed E-state index contributed by atoms with van der Waals surface area (Å²) in [7, 11) is -2.82. The molecule has 23 heavy (non-hydrogen) atoms. The first-order valence-corrected chi connectivity index (χ1v) is 8.22. The van der Waals surface area contributed by atoms with Crippen LogP contribution in [0.3, 0.4) is 0 Å². The van der Waals surface area contributed by atoms with E-state index in [1.807, 2.05) is 6.92 Å². The lowest BCUT2D eigenvalue weighted by molar-refractivity contribution is -0.625. The molecular formula is C15H19FN3O3S+.